The van der Waals surface area contributed by atoms with Crippen molar-refractivity contribution in [3.63, 3.8) is 0 Å². The summed E-state index contributed by atoms with van der Waals surface area (Å²) in [5.41, 5.74) is 1.92. The van der Waals surface area contributed by atoms with Crippen molar-refractivity contribution >= 4 is 16.7 Å². The number of H-pyrrole nitrogens is 1. The summed E-state index contributed by atoms with van der Waals surface area (Å²) in [6.45, 7) is 0. The molecular weight excluding hydrogens is 174 g/mol. The maximum absolute atomic E-state index is 11.9. The van der Waals surface area contributed by atoms with E-state index in [4.69, 9.17) is 0 Å². The molecule has 3 rings (SSSR count). The number of ketones is 1. The Bertz CT molecular complexity index is 494. The number of carbonyl (C=O) groups is 1. The Labute approximate surface area is 81.9 Å². The zero-order valence-corrected chi connectivity index (χ0v) is 7.79. The molecule has 2 aromatic rings. The number of Topliss-reactive ketones (excluding diaryl/α,β-unsaturated/α-hetero) is 1. The summed E-state index contributed by atoms with van der Waals surface area (Å²) in [7, 11) is 0. The standard InChI is InChI=1S/C12H11NO/c14-12(8-5-6-8)10-7-13-11-4-2-1-3-9(10)11/h1-4,7-8,13H,5-6H2. The topological polar surface area (TPSA) is 32.9 Å². The van der Waals surface area contributed by atoms with E-state index < -0.39 is 0 Å². The smallest absolute Gasteiger partial charge is 0.168 e. The van der Waals surface area contributed by atoms with Crippen molar-refractivity contribution in [3.8, 4) is 0 Å². The maximum Gasteiger partial charge on any atom is 0.168 e. The first-order valence-electron chi connectivity index (χ1n) is 4.96. The zero-order chi connectivity index (χ0) is 9.54. The molecule has 1 aromatic carbocycles. The molecule has 1 saturated carbocycles. The van der Waals surface area contributed by atoms with Crippen LogP contribution in [0.3, 0.4) is 0 Å². The quantitative estimate of drug-likeness (QED) is 0.717. The monoisotopic (exact) mass is 185 g/mol. The predicted molar refractivity (Wildman–Crippen MR) is 55.4 cm³/mol. The number of fused-ring (bicyclic) bond motifs is 1. The largest absolute Gasteiger partial charge is 0.360 e. The third-order valence-electron chi connectivity index (χ3n) is 2.80. The number of para-hydroxylation sites is 1. The van der Waals surface area contributed by atoms with Gasteiger partial charge in [-0.2, -0.15) is 0 Å². The predicted octanol–water partition coefficient (Wildman–Crippen LogP) is 2.76. The van der Waals surface area contributed by atoms with Gasteiger partial charge in [0, 0.05) is 28.6 Å². The highest BCUT2D eigenvalue weighted by atomic mass is 16.1. The van der Waals surface area contributed by atoms with Gasteiger partial charge in [0.1, 0.15) is 0 Å². The van der Waals surface area contributed by atoms with Crippen LogP contribution in [-0.4, -0.2) is 10.8 Å². The number of aromatic nitrogens is 1. The minimum atomic E-state index is 0.300. The number of benzene rings is 1. The van der Waals surface area contributed by atoms with Crippen LogP contribution in [0.2, 0.25) is 0 Å². The van der Waals surface area contributed by atoms with Gasteiger partial charge in [0.2, 0.25) is 0 Å². The summed E-state index contributed by atoms with van der Waals surface area (Å²) >= 11 is 0. The minimum Gasteiger partial charge on any atom is -0.360 e. The van der Waals surface area contributed by atoms with Crippen molar-refractivity contribution in [2.75, 3.05) is 0 Å². The Kier molecular flexibility index (Phi) is 1.51. The molecule has 1 heterocycles. The van der Waals surface area contributed by atoms with Gasteiger partial charge in [0.15, 0.2) is 5.78 Å². The lowest BCUT2D eigenvalue weighted by molar-refractivity contribution is 0.0969. The second-order valence-corrected chi connectivity index (χ2v) is 3.89. The average molecular weight is 185 g/mol. The normalized spacial score (nSPS) is 16.0. The summed E-state index contributed by atoms with van der Waals surface area (Å²) in [6.07, 6.45) is 3.97. The Morgan fingerprint density at radius 3 is 2.86 bits per heavy atom. The highest BCUT2D eigenvalue weighted by Crippen LogP contribution is 2.34. The number of hydrogen-bond donors (Lipinski definition) is 1. The van der Waals surface area contributed by atoms with Crippen molar-refractivity contribution in [2.24, 2.45) is 5.92 Å². The summed E-state index contributed by atoms with van der Waals surface area (Å²) in [6, 6.07) is 7.95. The van der Waals surface area contributed by atoms with Crippen molar-refractivity contribution in [1.29, 1.82) is 0 Å². The van der Waals surface area contributed by atoms with Crippen molar-refractivity contribution < 1.29 is 4.79 Å². The van der Waals surface area contributed by atoms with Crippen LogP contribution in [0.4, 0.5) is 0 Å². The first-order chi connectivity index (χ1) is 6.86. The van der Waals surface area contributed by atoms with Crippen LogP contribution in [0.25, 0.3) is 10.9 Å². The second kappa shape index (κ2) is 2.71. The fraction of sp³-hybridized carbons (Fsp3) is 0.250. The third-order valence-corrected chi connectivity index (χ3v) is 2.80. The average Bonchev–Trinajstić information content (AvgIpc) is 2.97. The Morgan fingerprint density at radius 2 is 2.07 bits per heavy atom. The van der Waals surface area contributed by atoms with Gasteiger partial charge in [-0.05, 0) is 18.9 Å². The molecule has 0 saturated heterocycles. The van der Waals surface area contributed by atoms with Gasteiger partial charge >= 0.3 is 0 Å². The van der Waals surface area contributed by atoms with Gasteiger partial charge in [-0.25, -0.2) is 0 Å². The van der Waals surface area contributed by atoms with E-state index in [1.807, 2.05) is 30.5 Å². The van der Waals surface area contributed by atoms with E-state index in [9.17, 15) is 4.79 Å². The van der Waals surface area contributed by atoms with Crippen molar-refractivity contribution in [3.05, 3.63) is 36.0 Å². The van der Waals surface area contributed by atoms with Crippen LogP contribution in [0.15, 0.2) is 30.5 Å². The molecular formula is C12H11NO. The van der Waals surface area contributed by atoms with Crippen molar-refractivity contribution in [2.45, 2.75) is 12.8 Å². The molecule has 0 spiro atoms. The third kappa shape index (κ3) is 1.07. The molecule has 0 amide bonds. The SMILES string of the molecule is O=C(c1c[nH]c2ccccc12)C1CC1. The van der Waals surface area contributed by atoms with Gasteiger partial charge in [0.25, 0.3) is 0 Å². The molecule has 1 aromatic heterocycles. The fourth-order valence-electron chi connectivity index (χ4n) is 1.84. The van der Waals surface area contributed by atoms with Gasteiger partial charge in [-0.15, -0.1) is 0 Å². The molecule has 2 nitrogen and oxygen atoms in total. The summed E-state index contributed by atoms with van der Waals surface area (Å²) in [5, 5.41) is 1.06. The van der Waals surface area contributed by atoms with Gasteiger partial charge < -0.3 is 4.98 Å². The number of aromatic amines is 1. The van der Waals surface area contributed by atoms with Crippen LogP contribution >= 0.6 is 0 Å². The lowest BCUT2D eigenvalue weighted by Crippen LogP contribution is -1.99. The highest BCUT2D eigenvalue weighted by molar-refractivity contribution is 6.09. The first kappa shape index (κ1) is 7.80. The van der Waals surface area contributed by atoms with E-state index in [0.29, 0.717) is 11.7 Å². The van der Waals surface area contributed by atoms with Crippen molar-refractivity contribution in [1.82, 2.24) is 4.98 Å². The maximum atomic E-state index is 11.9. The number of rotatable bonds is 2. The van der Waals surface area contributed by atoms with Crippen LogP contribution < -0.4 is 0 Å². The molecule has 14 heavy (non-hydrogen) atoms. The Balaban J connectivity index is 2.16. The van der Waals surface area contributed by atoms with E-state index in [1.54, 1.807) is 0 Å². The van der Waals surface area contributed by atoms with Crippen LogP contribution in [-0.2, 0) is 0 Å². The Hall–Kier alpha value is -1.57. The van der Waals surface area contributed by atoms with Gasteiger partial charge in [-0.3, -0.25) is 4.79 Å². The van der Waals surface area contributed by atoms with E-state index >= 15 is 0 Å². The molecule has 2 heteroatoms. The van der Waals surface area contributed by atoms with Gasteiger partial charge in [0.05, 0.1) is 0 Å². The highest BCUT2D eigenvalue weighted by Gasteiger charge is 2.31. The van der Waals surface area contributed by atoms with E-state index in [1.165, 1.54) is 0 Å². The van der Waals surface area contributed by atoms with E-state index in [-0.39, 0.29) is 0 Å². The number of nitrogens with one attached hydrogen (secondary N) is 1. The summed E-state index contributed by atoms with van der Waals surface area (Å²) < 4.78 is 0. The van der Waals surface area contributed by atoms with Gasteiger partial charge in [-0.1, -0.05) is 18.2 Å². The molecule has 1 aliphatic carbocycles. The molecule has 0 unspecified atom stereocenters. The molecule has 0 radical (unpaired) electrons. The summed E-state index contributed by atoms with van der Waals surface area (Å²) in [5.74, 6) is 0.608. The lowest BCUT2D eigenvalue weighted by Gasteiger charge is -1.94. The Morgan fingerprint density at radius 1 is 1.29 bits per heavy atom. The van der Waals surface area contributed by atoms with E-state index in [2.05, 4.69) is 4.98 Å². The molecule has 0 bridgehead atoms. The molecule has 1 N–H and O–H groups in total. The molecule has 1 aliphatic rings. The zero-order valence-electron chi connectivity index (χ0n) is 7.79. The van der Waals surface area contributed by atoms with Crippen LogP contribution in [0, 0.1) is 5.92 Å². The lowest BCUT2D eigenvalue weighted by atomic mass is 10.1. The molecule has 0 atom stereocenters. The minimum absolute atomic E-state index is 0.300. The molecule has 1 fully saturated rings. The number of carbonyl (C=O) groups excluding carboxylic acids is 1. The summed E-state index contributed by atoms with van der Waals surface area (Å²) in [4.78, 5) is 15.0. The molecule has 0 aliphatic heterocycles. The number of hydrogen-bond acceptors (Lipinski definition) is 1. The second-order valence-electron chi connectivity index (χ2n) is 3.89. The van der Waals surface area contributed by atoms with Crippen LogP contribution in [0.5, 0.6) is 0 Å². The van der Waals surface area contributed by atoms with Crippen LogP contribution in [0.1, 0.15) is 23.2 Å². The fourth-order valence-corrected chi connectivity index (χ4v) is 1.84. The first-order valence-corrected chi connectivity index (χ1v) is 4.96. The molecule has 70 valence electrons. The van der Waals surface area contributed by atoms with E-state index in [0.717, 1.165) is 29.3 Å².